The molecule has 0 fully saturated rings. The summed E-state index contributed by atoms with van der Waals surface area (Å²) in [4.78, 5) is 74.8. The number of hydrogen-bond donors (Lipinski definition) is 4. The fourth-order valence-electron chi connectivity index (χ4n) is 11.2. The van der Waals surface area contributed by atoms with E-state index in [-0.39, 0.29) is 52.7 Å². The summed E-state index contributed by atoms with van der Waals surface area (Å²) in [6, 6.07) is 15.0. The van der Waals surface area contributed by atoms with Crippen LogP contribution in [0.1, 0.15) is 227 Å². The van der Waals surface area contributed by atoms with E-state index in [2.05, 4.69) is 153 Å². The standard InChI is InChI=1S/C31H47NO5Si.C25H33NO5.C19H30O2Si.C13H20NO3.3C4H9.Sn/c1-12-13-20-36-29(34)28(30(3,4)5)32-27(33)17-15-14-16-23(2)21-24-18-19-25(26(22-24)35-9)37-38(10,11)31(6,7)8;1-7-8-15-31-24(29)23(25(3,4)5)26-22(28)12-10-9-11-18(2)16-19-13-14-20(27)21(17-19)30-6;1-9-10-15(2)13-16-11-12-17(18(14-16)20-6)21-22(7,8)19(3,4)5;1-6-8-9-17-12(16)11(13(3,4)5)14-10(15)7-2;3*1-3-4-2;/h12,14-19,21-22,28H,1,13,20H2,2-11H3,(H,32,33);7,9-14,16-17,23,27H,1,8,15H2,2-6H3,(H,26,28);9-14H,1-8H3;2,6-7,11H,1,8-9H2,3-5H3,(H,14,15);3*1,3-4H2,2H3;/b16-14-,17-15-,23-21+;11-9-,12-10-,18-16+;10-9-,15-13+;;;;;/t28-;23-;;11-;;;;/m11.1..../s1. The van der Waals surface area contributed by atoms with Crippen LogP contribution < -0.4 is 39.0 Å². The molecule has 3 amide bonds. The number of allylic oxidation sites excluding steroid dienone is 11. The maximum Gasteiger partial charge on any atom is 0.329 e. The second kappa shape index (κ2) is 56.2. The van der Waals surface area contributed by atoms with Crippen molar-refractivity contribution < 1.29 is 71.1 Å². The van der Waals surface area contributed by atoms with Crippen LogP contribution in [0.15, 0.2) is 180 Å². The Kier molecular flexibility index (Phi) is 52.2. The van der Waals surface area contributed by atoms with Gasteiger partial charge in [-0.05, 0) is 141 Å². The Hall–Kier alpha value is -8.61. The van der Waals surface area contributed by atoms with Gasteiger partial charge >= 0.3 is 203 Å². The van der Waals surface area contributed by atoms with E-state index in [0.29, 0.717) is 37.4 Å². The number of hydrogen-bond acceptors (Lipinski definition) is 15. The Morgan fingerprint density at radius 2 is 0.719 bits per heavy atom. The number of carbonyl (C=O) groups excluding carboxylic acids is 6. The molecular formula is C100H157N3O15Si2Sn. The summed E-state index contributed by atoms with van der Waals surface area (Å²) in [6.45, 7) is 65.7. The topological polar surface area (TPSA) is 233 Å². The largest absolute Gasteiger partial charge is 0.541 e. The number of phenolic OH excluding ortho intramolecular Hbond substituents is 1. The molecule has 0 aromatic heterocycles. The first-order valence-electron chi connectivity index (χ1n) is 42.8. The molecule has 121 heavy (non-hydrogen) atoms. The molecule has 0 saturated carbocycles. The van der Waals surface area contributed by atoms with E-state index in [1.807, 2.05) is 144 Å². The molecule has 0 saturated heterocycles. The number of ether oxygens (including phenoxy) is 6. The SMILES string of the molecule is C/C=C\C(C)=C\c1ccc(O[Si](C)(C)C(C)(C)C)c(OC)c1.C=CCCOC(=O)[C@@H](NC(=O)/C=[CH]\[Sn]([CH2]CCC)([CH2]CCC)[CH2]CCC)C(C)(C)C.C=CCCOC(=O)[C@@H](NC(=O)\C=C/C=C\C(C)=C\c1ccc(O)c(OC)c1)C(C)(C)C.C=CCCOC(=O)[C@@H](NC(=O)\C=C/C=C\C(C)=C\c1ccc(O[Si](C)(C)C(C)(C)C)c(OC)c1)C(C)(C)C. The van der Waals surface area contributed by atoms with Crippen molar-refractivity contribution in [1.29, 1.82) is 0 Å². The molecule has 3 rings (SSSR count). The summed E-state index contributed by atoms with van der Waals surface area (Å²) in [7, 11) is 0.992. The van der Waals surface area contributed by atoms with Gasteiger partial charge in [0.15, 0.2) is 23.0 Å². The van der Waals surface area contributed by atoms with E-state index in [1.165, 1.54) is 76.7 Å². The second-order valence-corrected chi connectivity index (χ2v) is 59.2. The maximum absolute atomic E-state index is 12.8. The van der Waals surface area contributed by atoms with Crippen molar-refractivity contribution in [2.24, 2.45) is 16.2 Å². The van der Waals surface area contributed by atoms with Crippen LogP contribution in [0.3, 0.4) is 0 Å². The number of unbranched alkanes of at least 4 members (excludes halogenated alkanes) is 3. The first-order valence-corrected chi connectivity index (χ1v) is 56.3. The van der Waals surface area contributed by atoms with Crippen molar-refractivity contribution >= 4 is 88.9 Å². The zero-order valence-corrected chi connectivity index (χ0v) is 84.6. The van der Waals surface area contributed by atoms with Crippen molar-refractivity contribution in [2.75, 3.05) is 41.2 Å². The Morgan fingerprint density at radius 3 is 1.00 bits per heavy atom. The number of esters is 3. The van der Waals surface area contributed by atoms with Crippen LogP contribution in [-0.4, -0.2) is 135 Å². The summed E-state index contributed by atoms with van der Waals surface area (Å²) in [6.07, 6.45) is 39.4. The molecule has 18 nitrogen and oxygen atoms in total. The number of benzene rings is 3. The Labute approximate surface area is 737 Å². The Morgan fingerprint density at radius 1 is 0.430 bits per heavy atom. The molecule has 21 heteroatoms. The number of phenols is 1. The average Bonchev–Trinajstić information content (AvgIpc) is 0.810. The van der Waals surface area contributed by atoms with Gasteiger partial charge in [0.25, 0.3) is 16.6 Å². The van der Waals surface area contributed by atoms with Gasteiger partial charge in [-0.25, -0.2) is 9.59 Å². The Bertz CT molecular complexity index is 4000. The fourth-order valence-corrected chi connectivity index (χ4v) is 27.3. The average molecular weight is 1820 g/mol. The van der Waals surface area contributed by atoms with Crippen molar-refractivity contribution in [3.05, 3.63) is 197 Å². The molecule has 0 aliphatic rings. The summed E-state index contributed by atoms with van der Waals surface area (Å²) in [5, 5.41) is 18.3. The van der Waals surface area contributed by atoms with Gasteiger partial charge < -0.3 is 48.3 Å². The Balaban J connectivity index is 0.00000161. The second-order valence-electron chi connectivity index (χ2n) is 36.7. The van der Waals surface area contributed by atoms with E-state index < -0.39 is 81.3 Å². The summed E-state index contributed by atoms with van der Waals surface area (Å²) in [5.74, 6) is 1.39. The molecule has 0 spiro atoms. The minimum Gasteiger partial charge on any atom is -0.541 e. The number of rotatable bonds is 43. The van der Waals surface area contributed by atoms with Gasteiger partial charge in [0, 0.05) is 12.2 Å². The molecule has 674 valence electrons. The maximum atomic E-state index is 12.8. The summed E-state index contributed by atoms with van der Waals surface area (Å²) >= 11 is -2.52. The van der Waals surface area contributed by atoms with Crippen LogP contribution in [0.25, 0.3) is 18.2 Å². The van der Waals surface area contributed by atoms with Crippen LogP contribution in [0.2, 0.25) is 49.6 Å². The molecule has 0 radical (unpaired) electrons. The molecule has 0 bridgehead atoms. The molecular weight excluding hydrogens is 1660 g/mol. The zero-order chi connectivity index (χ0) is 92.6. The predicted octanol–water partition coefficient (Wildman–Crippen LogP) is 24.5. The first kappa shape index (κ1) is 112. The van der Waals surface area contributed by atoms with Gasteiger partial charge in [-0.1, -0.05) is 197 Å². The fraction of sp³-hybridized carbons (Fsp3) is 0.520. The quantitative estimate of drug-likeness (QED) is 0.00785. The van der Waals surface area contributed by atoms with Crippen molar-refractivity contribution in [2.45, 2.75) is 278 Å². The van der Waals surface area contributed by atoms with Gasteiger partial charge in [0.1, 0.15) is 23.6 Å². The third-order valence-corrected chi connectivity index (χ3v) is 43.2. The van der Waals surface area contributed by atoms with Crippen LogP contribution in [0.5, 0.6) is 34.5 Å². The third-order valence-electron chi connectivity index (χ3n) is 20.5. The summed E-state index contributed by atoms with van der Waals surface area (Å²) < 4.78 is 51.2. The molecule has 3 aromatic carbocycles. The molecule has 0 aliphatic carbocycles. The smallest absolute Gasteiger partial charge is 0.329 e. The number of nitrogens with one attached hydrogen (secondary N) is 3. The number of methoxy groups -OCH3 is 3. The molecule has 0 aliphatic heterocycles. The summed E-state index contributed by atoms with van der Waals surface area (Å²) in [5.41, 5.74) is 4.73. The van der Waals surface area contributed by atoms with Crippen LogP contribution in [-0.2, 0) is 43.0 Å². The zero-order valence-electron chi connectivity index (χ0n) is 79.7. The van der Waals surface area contributed by atoms with Gasteiger partial charge in [-0.2, -0.15) is 0 Å². The molecule has 0 heterocycles. The third kappa shape index (κ3) is 45.4. The predicted molar refractivity (Wildman–Crippen MR) is 514 cm³/mol. The first-order chi connectivity index (χ1) is 56.3. The number of aromatic hydroxyl groups is 1. The van der Waals surface area contributed by atoms with Gasteiger partial charge in [-0.3, -0.25) is 9.59 Å². The van der Waals surface area contributed by atoms with Crippen LogP contribution in [0.4, 0.5) is 0 Å². The van der Waals surface area contributed by atoms with E-state index >= 15 is 0 Å². The van der Waals surface area contributed by atoms with Crippen LogP contribution >= 0.6 is 0 Å². The van der Waals surface area contributed by atoms with Gasteiger partial charge in [0.2, 0.25) is 11.8 Å². The monoisotopic (exact) mass is 1820 g/mol. The van der Waals surface area contributed by atoms with E-state index in [4.69, 9.17) is 37.3 Å². The normalized spacial score (nSPS) is 13.5. The van der Waals surface area contributed by atoms with Crippen molar-refractivity contribution in [3.8, 4) is 34.5 Å². The van der Waals surface area contributed by atoms with Gasteiger partial charge in [-0.15, -0.1) is 13.2 Å². The minimum atomic E-state index is -2.52. The van der Waals surface area contributed by atoms with Crippen molar-refractivity contribution in [1.82, 2.24) is 16.0 Å². The van der Waals surface area contributed by atoms with E-state index in [9.17, 15) is 33.9 Å². The van der Waals surface area contributed by atoms with E-state index in [1.54, 1.807) is 81.0 Å². The number of amides is 3. The van der Waals surface area contributed by atoms with Gasteiger partial charge in [0.05, 0.1) is 34.5 Å². The minimum absolute atomic E-state index is 0.0833. The van der Waals surface area contributed by atoms with Crippen LogP contribution in [0, 0.1) is 16.2 Å². The van der Waals surface area contributed by atoms with Crippen molar-refractivity contribution in [3.63, 3.8) is 0 Å². The molecule has 0 unspecified atom stereocenters. The van der Waals surface area contributed by atoms with E-state index in [0.717, 1.165) is 45.1 Å². The molecule has 4 N–H and O–H groups in total. The molecule has 3 atom stereocenters. The number of carbonyl (C=O) groups is 6. The molecule has 3 aromatic rings.